The zero-order chi connectivity index (χ0) is 14.4. The van der Waals surface area contributed by atoms with Gasteiger partial charge in [-0.2, -0.15) is 0 Å². The van der Waals surface area contributed by atoms with E-state index in [1.807, 2.05) is 13.8 Å². The quantitative estimate of drug-likeness (QED) is 0.841. The minimum absolute atomic E-state index is 0.223. The van der Waals surface area contributed by atoms with Gasteiger partial charge in [-0.25, -0.2) is 0 Å². The minimum atomic E-state index is 0.223. The SMILES string of the molecule is CC.CC1CCC(CN2CCCC3(COCCN3)C2)O1. The van der Waals surface area contributed by atoms with Crippen LogP contribution in [0.3, 0.4) is 0 Å². The molecule has 20 heavy (non-hydrogen) atoms. The summed E-state index contributed by atoms with van der Waals surface area (Å²) in [4.78, 5) is 2.58. The highest BCUT2D eigenvalue weighted by Crippen LogP contribution is 2.26. The molecule has 3 atom stereocenters. The van der Waals surface area contributed by atoms with Crippen LogP contribution in [0, 0.1) is 0 Å². The Morgan fingerprint density at radius 3 is 2.80 bits per heavy atom. The second-order valence-corrected chi connectivity index (χ2v) is 6.24. The molecule has 118 valence electrons. The molecule has 3 aliphatic rings. The summed E-state index contributed by atoms with van der Waals surface area (Å²) in [5.74, 6) is 0. The van der Waals surface area contributed by atoms with E-state index in [-0.39, 0.29) is 5.54 Å². The largest absolute Gasteiger partial charge is 0.378 e. The molecule has 3 unspecified atom stereocenters. The van der Waals surface area contributed by atoms with E-state index in [9.17, 15) is 0 Å². The van der Waals surface area contributed by atoms with Crippen molar-refractivity contribution >= 4 is 0 Å². The van der Waals surface area contributed by atoms with Crippen molar-refractivity contribution < 1.29 is 9.47 Å². The number of nitrogens with one attached hydrogen (secondary N) is 1. The van der Waals surface area contributed by atoms with Crippen molar-refractivity contribution in [2.45, 2.75) is 64.2 Å². The lowest BCUT2D eigenvalue weighted by Gasteiger charge is -2.46. The maximum atomic E-state index is 5.95. The molecular formula is C16H32N2O2. The summed E-state index contributed by atoms with van der Waals surface area (Å²) in [6, 6.07) is 0. The molecule has 3 saturated heterocycles. The third kappa shape index (κ3) is 4.17. The smallest absolute Gasteiger partial charge is 0.0706 e. The molecule has 3 aliphatic heterocycles. The normalized spacial score (nSPS) is 38.5. The van der Waals surface area contributed by atoms with Crippen molar-refractivity contribution in [2.75, 3.05) is 39.4 Å². The number of morpholine rings is 1. The van der Waals surface area contributed by atoms with Gasteiger partial charge in [0.05, 0.1) is 31.0 Å². The highest BCUT2D eigenvalue weighted by molar-refractivity contribution is 4.96. The molecule has 3 rings (SSSR count). The minimum Gasteiger partial charge on any atom is -0.378 e. The first kappa shape index (κ1) is 16.2. The van der Waals surface area contributed by atoms with Crippen molar-refractivity contribution in [3.05, 3.63) is 0 Å². The second kappa shape index (κ2) is 7.74. The van der Waals surface area contributed by atoms with E-state index < -0.39 is 0 Å². The first-order valence-electron chi connectivity index (χ1n) is 8.46. The van der Waals surface area contributed by atoms with E-state index >= 15 is 0 Å². The van der Waals surface area contributed by atoms with Crippen LogP contribution in [0.5, 0.6) is 0 Å². The average Bonchev–Trinajstić information content (AvgIpc) is 2.87. The van der Waals surface area contributed by atoms with Gasteiger partial charge in [0.1, 0.15) is 0 Å². The van der Waals surface area contributed by atoms with E-state index in [1.54, 1.807) is 0 Å². The zero-order valence-corrected chi connectivity index (χ0v) is 13.5. The lowest BCUT2D eigenvalue weighted by Crippen LogP contribution is -2.63. The topological polar surface area (TPSA) is 33.7 Å². The molecule has 0 amide bonds. The Kier molecular flexibility index (Phi) is 6.27. The van der Waals surface area contributed by atoms with Crippen molar-refractivity contribution in [2.24, 2.45) is 0 Å². The fraction of sp³-hybridized carbons (Fsp3) is 1.00. The van der Waals surface area contributed by atoms with Crippen LogP contribution in [0.4, 0.5) is 0 Å². The van der Waals surface area contributed by atoms with Gasteiger partial charge in [0, 0.05) is 19.6 Å². The summed E-state index contributed by atoms with van der Waals surface area (Å²) in [5, 5.41) is 3.69. The molecule has 1 spiro atoms. The van der Waals surface area contributed by atoms with Crippen molar-refractivity contribution in [3.63, 3.8) is 0 Å². The van der Waals surface area contributed by atoms with Gasteiger partial charge in [0.2, 0.25) is 0 Å². The summed E-state index contributed by atoms with van der Waals surface area (Å²) in [5.41, 5.74) is 0.223. The Bertz CT molecular complexity index is 274. The molecule has 0 aromatic carbocycles. The third-order valence-electron chi connectivity index (χ3n) is 4.56. The van der Waals surface area contributed by atoms with Crippen molar-refractivity contribution in [1.82, 2.24) is 10.2 Å². The van der Waals surface area contributed by atoms with Crippen LogP contribution in [-0.2, 0) is 9.47 Å². The van der Waals surface area contributed by atoms with E-state index in [0.717, 1.165) is 32.8 Å². The monoisotopic (exact) mass is 284 g/mol. The highest BCUT2D eigenvalue weighted by Gasteiger charge is 2.38. The maximum Gasteiger partial charge on any atom is 0.0706 e. The highest BCUT2D eigenvalue weighted by atomic mass is 16.5. The number of likely N-dealkylation sites (tertiary alicyclic amines) is 1. The van der Waals surface area contributed by atoms with Gasteiger partial charge in [-0.15, -0.1) is 0 Å². The zero-order valence-electron chi connectivity index (χ0n) is 13.5. The van der Waals surface area contributed by atoms with Crippen LogP contribution in [0.15, 0.2) is 0 Å². The molecule has 0 saturated carbocycles. The predicted octanol–water partition coefficient (Wildman–Crippen LogP) is 2.03. The molecule has 4 nitrogen and oxygen atoms in total. The molecular weight excluding hydrogens is 252 g/mol. The average molecular weight is 284 g/mol. The van der Waals surface area contributed by atoms with Crippen LogP contribution in [-0.4, -0.2) is 62.0 Å². The number of nitrogens with zero attached hydrogens (tertiary/aromatic N) is 1. The fourth-order valence-corrected chi connectivity index (χ4v) is 3.66. The number of piperidine rings is 1. The van der Waals surface area contributed by atoms with Crippen LogP contribution in [0.25, 0.3) is 0 Å². The molecule has 0 radical (unpaired) electrons. The van der Waals surface area contributed by atoms with E-state index in [1.165, 1.54) is 32.2 Å². The Morgan fingerprint density at radius 2 is 2.15 bits per heavy atom. The van der Waals surface area contributed by atoms with E-state index in [0.29, 0.717) is 12.2 Å². The Morgan fingerprint density at radius 1 is 1.30 bits per heavy atom. The standard InChI is InChI=1S/C14H26N2O2.C2H6/c1-12-3-4-13(18-12)9-16-7-2-5-14(10-16)11-17-8-6-15-14;1-2/h12-13,15H,2-11H2,1H3;1-2H3. The fourth-order valence-electron chi connectivity index (χ4n) is 3.66. The Balaban J connectivity index is 0.000000704. The van der Waals surface area contributed by atoms with E-state index in [4.69, 9.17) is 9.47 Å². The van der Waals surface area contributed by atoms with Crippen molar-refractivity contribution in [1.29, 1.82) is 0 Å². The van der Waals surface area contributed by atoms with Crippen LogP contribution in [0.2, 0.25) is 0 Å². The molecule has 1 N–H and O–H groups in total. The number of hydrogen-bond donors (Lipinski definition) is 1. The van der Waals surface area contributed by atoms with Crippen molar-refractivity contribution in [3.8, 4) is 0 Å². The number of hydrogen-bond acceptors (Lipinski definition) is 4. The molecule has 0 aromatic heterocycles. The summed E-state index contributed by atoms with van der Waals surface area (Å²) in [7, 11) is 0. The van der Waals surface area contributed by atoms with Gasteiger partial charge in [-0.3, -0.25) is 4.90 Å². The molecule has 0 aromatic rings. The summed E-state index contributed by atoms with van der Waals surface area (Å²) in [6.07, 6.45) is 5.91. The van der Waals surface area contributed by atoms with Gasteiger partial charge < -0.3 is 14.8 Å². The van der Waals surface area contributed by atoms with Gasteiger partial charge in [-0.05, 0) is 39.2 Å². The Hall–Kier alpha value is -0.160. The van der Waals surface area contributed by atoms with Crippen LogP contribution in [0.1, 0.15) is 46.5 Å². The van der Waals surface area contributed by atoms with Gasteiger partial charge in [0.25, 0.3) is 0 Å². The van der Waals surface area contributed by atoms with Gasteiger partial charge in [0.15, 0.2) is 0 Å². The molecule has 3 fully saturated rings. The molecule has 3 heterocycles. The summed E-state index contributed by atoms with van der Waals surface area (Å²) < 4.78 is 11.6. The first-order valence-corrected chi connectivity index (χ1v) is 8.46. The molecule has 0 bridgehead atoms. The van der Waals surface area contributed by atoms with Crippen LogP contribution >= 0.6 is 0 Å². The predicted molar refractivity (Wildman–Crippen MR) is 82.1 cm³/mol. The lowest BCUT2D eigenvalue weighted by molar-refractivity contribution is -0.0283. The number of rotatable bonds is 2. The first-order chi connectivity index (χ1) is 9.76. The molecule has 0 aliphatic carbocycles. The molecule has 4 heteroatoms. The Labute approximate surface area is 124 Å². The van der Waals surface area contributed by atoms with Gasteiger partial charge >= 0.3 is 0 Å². The second-order valence-electron chi connectivity index (χ2n) is 6.24. The van der Waals surface area contributed by atoms with Crippen LogP contribution < -0.4 is 5.32 Å². The number of ether oxygens (including phenoxy) is 2. The lowest BCUT2D eigenvalue weighted by atomic mass is 9.88. The third-order valence-corrected chi connectivity index (χ3v) is 4.56. The summed E-state index contributed by atoms with van der Waals surface area (Å²) in [6.45, 7) is 12.4. The summed E-state index contributed by atoms with van der Waals surface area (Å²) >= 11 is 0. The maximum absolute atomic E-state index is 5.95. The van der Waals surface area contributed by atoms with E-state index in [2.05, 4.69) is 17.1 Å². The van der Waals surface area contributed by atoms with Gasteiger partial charge in [-0.1, -0.05) is 13.8 Å².